The maximum atomic E-state index is 14.1. The van der Waals surface area contributed by atoms with Crippen LogP contribution in [0.1, 0.15) is 19.3 Å². The second-order valence-corrected chi connectivity index (χ2v) is 6.42. The van der Waals surface area contributed by atoms with E-state index in [4.69, 9.17) is 4.74 Å². The third-order valence-electron chi connectivity index (χ3n) is 5.52. The summed E-state index contributed by atoms with van der Waals surface area (Å²) in [4.78, 5) is 10.2. The summed E-state index contributed by atoms with van der Waals surface area (Å²) in [5.74, 6) is 2.44. The van der Waals surface area contributed by atoms with Crippen molar-refractivity contribution in [3.8, 4) is 5.75 Å². The van der Waals surface area contributed by atoms with Crippen LogP contribution in [0.15, 0.2) is 12.1 Å². The van der Waals surface area contributed by atoms with E-state index in [9.17, 15) is 14.5 Å². The molecule has 3 saturated carbocycles. The number of anilines is 1. The van der Waals surface area contributed by atoms with E-state index in [0.717, 1.165) is 17.9 Å². The summed E-state index contributed by atoms with van der Waals surface area (Å²) in [7, 11) is 1.36. The minimum atomic E-state index is -0.627. The summed E-state index contributed by atoms with van der Waals surface area (Å²) in [5.41, 5.74) is -0.0205. The smallest absolute Gasteiger partial charge is 0.313 e. The van der Waals surface area contributed by atoms with E-state index in [-0.39, 0.29) is 11.4 Å². The number of hydrogen-bond donors (Lipinski definition) is 1. The molecule has 0 aliphatic heterocycles. The van der Waals surface area contributed by atoms with E-state index in [2.05, 4.69) is 5.32 Å². The Morgan fingerprint density at radius 2 is 2.00 bits per heavy atom. The number of ether oxygens (including phenoxy) is 1. The highest BCUT2D eigenvalue weighted by Crippen LogP contribution is 2.66. The van der Waals surface area contributed by atoms with Gasteiger partial charge in [-0.05, 0) is 42.9 Å². The molecule has 0 amide bonds. The first kappa shape index (κ1) is 12.9. The van der Waals surface area contributed by atoms with E-state index < -0.39 is 10.7 Å². The predicted molar refractivity (Wildman–Crippen MR) is 74.8 cm³/mol. The molecule has 3 aliphatic carbocycles. The van der Waals surface area contributed by atoms with E-state index in [0.29, 0.717) is 23.6 Å². The quantitative estimate of drug-likeness (QED) is 0.683. The van der Waals surface area contributed by atoms with Crippen LogP contribution >= 0.6 is 0 Å². The lowest BCUT2D eigenvalue weighted by Gasteiger charge is -2.13. The average molecular weight is 292 g/mol. The van der Waals surface area contributed by atoms with Gasteiger partial charge in [-0.2, -0.15) is 0 Å². The van der Waals surface area contributed by atoms with Gasteiger partial charge in [-0.3, -0.25) is 10.1 Å². The van der Waals surface area contributed by atoms with Crippen LogP contribution in [-0.4, -0.2) is 18.1 Å². The molecule has 4 unspecified atom stereocenters. The summed E-state index contributed by atoms with van der Waals surface area (Å²) in [6.45, 7) is 0. The van der Waals surface area contributed by atoms with Gasteiger partial charge in [-0.15, -0.1) is 0 Å². The number of fused-ring (bicyclic) bond motifs is 5. The minimum Gasteiger partial charge on any atom is -0.490 e. The average Bonchev–Trinajstić information content (AvgIpc) is 2.84. The van der Waals surface area contributed by atoms with Crippen LogP contribution in [-0.2, 0) is 0 Å². The molecule has 1 aromatic rings. The largest absolute Gasteiger partial charge is 0.490 e. The predicted octanol–water partition coefficient (Wildman–Crippen LogP) is 3.20. The first-order valence-electron chi connectivity index (χ1n) is 7.38. The molecule has 1 N–H and O–H groups in total. The summed E-state index contributed by atoms with van der Waals surface area (Å²) < 4.78 is 19.1. The van der Waals surface area contributed by atoms with Gasteiger partial charge in [0.2, 0.25) is 0 Å². The van der Waals surface area contributed by atoms with Crippen LogP contribution < -0.4 is 10.1 Å². The van der Waals surface area contributed by atoms with Crippen molar-refractivity contribution in [3.63, 3.8) is 0 Å². The van der Waals surface area contributed by atoms with Crippen LogP contribution in [0.25, 0.3) is 0 Å². The number of methoxy groups -OCH3 is 1. The topological polar surface area (TPSA) is 64.4 Å². The Bertz CT molecular complexity index is 605. The first-order chi connectivity index (χ1) is 10.1. The fourth-order valence-corrected chi connectivity index (χ4v) is 4.66. The van der Waals surface area contributed by atoms with Crippen LogP contribution in [0.3, 0.4) is 0 Å². The lowest BCUT2D eigenvalue weighted by atomic mass is 10.0. The van der Waals surface area contributed by atoms with E-state index in [1.165, 1.54) is 32.4 Å². The molecule has 0 heterocycles. The molecule has 3 aliphatic rings. The standard InChI is InChI=1S/C15H17FN2O3/c1-21-12-6-10(9(16)5-11(12)18(19)20)17-15-13-7-2-3-8(4-7)14(13)15/h5-8,13-15,17H,2-4H2,1H3. The van der Waals surface area contributed by atoms with Crippen molar-refractivity contribution in [2.45, 2.75) is 25.3 Å². The second kappa shape index (κ2) is 4.32. The minimum absolute atomic E-state index is 0.0951. The molecule has 1 aromatic carbocycles. The van der Waals surface area contributed by atoms with Gasteiger partial charge < -0.3 is 10.1 Å². The normalized spacial score (nSPS) is 35.4. The maximum absolute atomic E-state index is 14.1. The lowest BCUT2D eigenvalue weighted by Crippen LogP contribution is -2.14. The van der Waals surface area contributed by atoms with Crippen molar-refractivity contribution in [2.75, 3.05) is 12.4 Å². The second-order valence-electron chi connectivity index (χ2n) is 6.42. The number of benzene rings is 1. The Morgan fingerprint density at radius 3 is 2.57 bits per heavy atom. The molecule has 5 nitrogen and oxygen atoms in total. The Morgan fingerprint density at radius 1 is 1.33 bits per heavy atom. The highest BCUT2D eigenvalue weighted by atomic mass is 19.1. The number of nitrogens with one attached hydrogen (secondary N) is 1. The molecule has 112 valence electrons. The summed E-state index contributed by atoms with van der Waals surface area (Å²) >= 11 is 0. The SMILES string of the molecule is COc1cc(NC2C3C4CCC(C4)C23)c(F)cc1[N+](=O)[O-]. The number of nitro groups is 1. The Labute approximate surface area is 121 Å². The molecule has 0 radical (unpaired) electrons. The van der Waals surface area contributed by atoms with E-state index >= 15 is 0 Å². The number of halogens is 1. The molecule has 2 bridgehead atoms. The van der Waals surface area contributed by atoms with Crippen LogP contribution in [0, 0.1) is 39.6 Å². The first-order valence-corrected chi connectivity index (χ1v) is 7.38. The van der Waals surface area contributed by atoms with Crippen LogP contribution in [0.5, 0.6) is 5.75 Å². The monoisotopic (exact) mass is 292 g/mol. The third-order valence-corrected chi connectivity index (χ3v) is 5.52. The summed E-state index contributed by atoms with van der Waals surface area (Å²) in [6.07, 6.45) is 3.94. The Kier molecular flexibility index (Phi) is 2.65. The number of nitro benzene ring substituents is 1. The van der Waals surface area contributed by atoms with Gasteiger partial charge in [0, 0.05) is 12.1 Å². The van der Waals surface area contributed by atoms with Crippen molar-refractivity contribution in [2.24, 2.45) is 23.7 Å². The zero-order valence-electron chi connectivity index (χ0n) is 11.7. The number of rotatable bonds is 4. The fourth-order valence-electron chi connectivity index (χ4n) is 4.66. The molecular formula is C15H17FN2O3. The van der Waals surface area contributed by atoms with Gasteiger partial charge in [0.15, 0.2) is 11.6 Å². The van der Waals surface area contributed by atoms with Crippen molar-refractivity contribution in [1.82, 2.24) is 0 Å². The molecule has 3 fully saturated rings. The molecule has 4 atom stereocenters. The molecule has 0 aromatic heterocycles. The summed E-state index contributed by atoms with van der Waals surface area (Å²) in [6, 6.07) is 2.68. The van der Waals surface area contributed by atoms with Crippen molar-refractivity contribution >= 4 is 11.4 Å². The highest BCUT2D eigenvalue weighted by molar-refractivity contribution is 5.60. The molecule has 21 heavy (non-hydrogen) atoms. The molecule has 4 rings (SSSR count). The zero-order chi connectivity index (χ0) is 14.7. The molecule has 0 saturated heterocycles. The summed E-state index contributed by atoms with van der Waals surface area (Å²) in [5, 5.41) is 14.1. The van der Waals surface area contributed by atoms with Gasteiger partial charge in [0.05, 0.1) is 23.8 Å². The lowest BCUT2D eigenvalue weighted by molar-refractivity contribution is -0.385. The zero-order valence-corrected chi connectivity index (χ0v) is 11.7. The highest BCUT2D eigenvalue weighted by Gasteiger charge is 2.65. The molecular weight excluding hydrogens is 275 g/mol. The van der Waals surface area contributed by atoms with Crippen molar-refractivity contribution in [1.29, 1.82) is 0 Å². The van der Waals surface area contributed by atoms with Crippen molar-refractivity contribution < 1.29 is 14.1 Å². The molecule has 0 spiro atoms. The van der Waals surface area contributed by atoms with E-state index in [1.54, 1.807) is 0 Å². The maximum Gasteiger partial charge on any atom is 0.313 e. The third kappa shape index (κ3) is 1.81. The van der Waals surface area contributed by atoms with Crippen LogP contribution in [0.4, 0.5) is 15.8 Å². The Balaban J connectivity index is 1.57. The van der Waals surface area contributed by atoms with Gasteiger partial charge >= 0.3 is 5.69 Å². The van der Waals surface area contributed by atoms with E-state index in [1.807, 2.05) is 0 Å². The van der Waals surface area contributed by atoms with Gasteiger partial charge in [0.1, 0.15) is 0 Å². The molecule has 6 heteroatoms. The number of hydrogen-bond acceptors (Lipinski definition) is 4. The fraction of sp³-hybridized carbons (Fsp3) is 0.600. The number of nitrogens with zero attached hydrogens (tertiary/aromatic N) is 1. The van der Waals surface area contributed by atoms with Crippen LogP contribution in [0.2, 0.25) is 0 Å². The van der Waals surface area contributed by atoms with Gasteiger partial charge in [0.25, 0.3) is 0 Å². The van der Waals surface area contributed by atoms with Gasteiger partial charge in [-0.25, -0.2) is 4.39 Å². The van der Waals surface area contributed by atoms with Gasteiger partial charge in [-0.1, -0.05) is 0 Å². The van der Waals surface area contributed by atoms with Crippen molar-refractivity contribution in [3.05, 3.63) is 28.1 Å². The Hall–Kier alpha value is -1.85.